The van der Waals surface area contributed by atoms with Gasteiger partial charge in [0.15, 0.2) is 9.84 Å². The monoisotopic (exact) mass is 517 g/mol. The third kappa shape index (κ3) is 9.04. The van der Waals surface area contributed by atoms with Gasteiger partial charge in [-0.3, -0.25) is 0 Å². The second-order valence-electron chi connectivity index (χ2n) is 6.29. The van der Waals surface area contributed by atoms with Crippen LogP contribution in [-0.2, 0) is 28.6 Å². The zero-order valence-corrected chi connectivity index (χ0v) is 20.0. The molecule has 0 heterocycles. The fourth-order valence-corrected chi connectivity index (χ4v) is 4.15. The molecule has 0 fully saturated rings. The molecule has 0 bridgehead atoms. The molecule has 0 saturated heterocycles. The molecule has 33 heavy (non-hydrogen) atoms. The van der Waals surface area contributed by atoms with Crippen molar-refractivity contribution in [2.45, 2.75) is 11.8 Å². The Labute approximate surface area is 200 Å². The van der Waals surface area contributed by atoms with Crippen molar-refractivity contribution in [2.24, 2.45) is 10.2 Å². The number of nitrogens with zero attached hydrogens (tertiary/aromatic N) is 3. The summed E-state index contributed by atoms with van der Waals surface area (Å²) in [6, 6.07) is 11.7. The van der Waals surface area contributed by atoms with E-state index in [9.17, 15) is 8.42 Å². The van der Waals surface area contributed by atoms with E-state index in [1.807, 2.05) is 30.0 Å². The molecule has 0 aliphatic heterocycles. The fraction of sp³-hybridized carbons (Fsp3) is 0.263. The average molecular weight is 518 g/mol. The fourth-order valence-electron chi connectivity index (χ4n) is 2.63. The minimum absolute atomic E-state index is 0.139. The first kappa shape index (κ1) is 27.2. The van der Waals surface area contributed by atoms with Gasteiger partial charge in [-0.05, 0) is 55.0 Å². The van der Waals surface area contributed by atoms with Crippen molar-refractivity contribution in [2.75, 3.05) is 29.5 Å². The average Bonchev–Trinajstić information content (AvgIpc) is 2.82. The predicted molar refractivity (Wildman–Crippen MR) is 126 cm³/mol. The summed E-state index contributed by atoms with van der Waals surface area (Å²) in [7, 11) is -3.49. The van der Waals surface area contributed by atoms with Crippen molar-refractivity contribution >= 4 is 51.0 Å². The molecular weight excluding hydrogens is 494 g/mol. The number of aryl methyl sites for hydroxylation is 1. The highest BCUT2D eigenvalue weighted by Gasteiger charge is 2.11. The number of anilines is 1. The standard InChI is InChI=1S/C19H23N3O8S3/c1-3-33(25,26)18-7-4-16(5-8-18)20-21-19-9-6-17(14-15(19)2)22(10-12-31-29-27-23)11-13-32-30-28-24/h3-9,14,23-24H,1,10-13H2,2H3. The van der Waals surface area contributed by atoms with Crippen LogP contribution in [0.3, 0.4) is 0 Å². The van der Waals surface area contributed by atoms with Crippen LogP contribution in [0.25, 0.3) is 0 Å². The van der Waals surface area contributed by atoms with Gasteiger partial charge in [-0.2, -0.15) is 10.2 Å². The quantitative estimate of drug-likeness (QED) is 0.105. The van der Waals surface area contributed by atoms with Crippen LogP contribution >= 0.6 is 24.1 Å². The molecule has 0 saturated carbocycles. The van der Waals surface area contributed by atoms with Crippen molar-refractivity contribution in [3.8, 4) is 0 Å². The molecule has 0 radical (unpaired) electrons. The zero-order valence-electron chi connectivity index (χ0n) is 17.6. The number of rotatable bonds is 15. The first-order valence-corrected chi connectivity index (χ1v) is 12.7. The lowest BCUT2D eigenvalue weighted by Crippen LogP contribution is -2.28. The van der Waals surface area contributed by atoms with Crippen molar-refractivity contribution in [1.29, 1.82) is 0 Å². The molecule has 0 spiro atoms. The van der Waals surface area contributed by atoms with E-state index in [4.69, 9.17) is 10.5 Å². The number of benzene rings is 2. The SMILES string of the molecule is C=CS(=O)(=O)c1ccc(N=Nc2ccc(N(CCSOOO)CCSOOO)cc2C)cc1. The van der Waals surface area contributed by atoms with Crippen LogP contribution in [0, 0.1) is 6.92 Å². The summed E-state index contributed by atoms with van der Waals surface area (Å²) in [5, 5.41) is 33.0. The van der Waals surface area contributed by atoms with E-state index in [-0.39, 0.29) is 4.90 Å². The van der Waals surface area contributed by atoms with Crippen molar-refractivity contribution in [1.82, 2.24) is 0 Å². The Morgan fingerprint density at radius 3 is 2.12 bits per heavy atom. The Bertz CT molecular complexity index is 1010. The maximum absolute atomic E-state index is 11.8. The van der Waals surface area contributed by atoms with Gasteiger partial charge in [0, 0.05) is 59.8 Å². The lowest BCUT2D eigenvalue weighted by Gasteiger charge is -2.24. The Balaban J connectivity index is 2.10. The van der Waals surface area contributed by atoms with Gasteiger partial charge in [0.2, 0.25) is 0 Å². The lowest BCUT2D eigenvalue weighted by molar-refractivity contribution is -0.432. The summed E-state index contributed by atoms with van der Waals surface area (Å²) in [4.78, 5) is 2.18. The highest BCUT2D eigenvalue weighted by molar-refractivity contribution is 7.94. The number of hydrogen-bond donors (Lipinski definition) is 2. The summed E-state index contributed by atoms with van der Waals surface area (Å²) < 4.78 is 32.4. The van der Waals surface area contributed by atoms with Crippen LogP contribution in [0.5, 0.6) is 0 Å². The molecule has 11 nitrogen and oxygen atoms in total. The third-order valence-electron chi connectivity index (χ3n) is 4.25. The van der Waals surface area contributed by atoms with Gasteiger partial charge in [-0.25, -0.2) is 18.9 Å². The predicted octanol–water partition coefficient (Wildman–Crippen LogP) is 5.27. The summed E-state index contributed by atoms with van der Waals surface area (Å²) >= 11 is 1.89. The summed E-state index contributed by atoms with van der Waals surface area (Å²) in [6.45, 7) is 6.33. The van der Waals surface area contributed by atoms with Gasteiger partial charge < -0.3 is 4.90 Å². The van der Waals surface area contributed by atoms with E-state index in [0.29, 0.717) is 36.0 Å². The van der Waals surface area contributed by atoms with E-state index >= 15 is 0 Å². The summed E-state index contributed by atoms with van der Waals surface area (Å²) in [6.07, 6.45) is 0. The van der Waals surface area contributed by atoms with Gasteiger partial charge in [-0.1, -0.05) is 16.7 Å². The maximum atomic E-state index is 11.8. The van der Waals surface area contributed by atoms with Crippen LogP contribution in [0.1, 0.15) is 5.56 Å². The van der Waals surface area contributed by atoms with Crippen molar-refractivity contribution in [3.63, 3.8) is 0 Å². The van der Waals surface area contributed by atoms with Crippen LogP contribution in [0.15, 0.2) is 69.6 Å². The lowest BCUT2D eigenvalue weighted by atomic mass is 10.1. The smallest absolute Gasteiger partial charge is 0.199 e. The van der Waals surface area contributed by atoms with Crippen LogP contribution < -0.4 is 4.90 Å². The van der Waals surface area contributed by atoms with E-state index < -0.39 is 9.84 Å². The van der Waals surface area contributed by atoms with Crippen molar-refractivity contribution in [3.05, 3.63) is 60.0 Å². The molecule has 0 unspecified atom stereocenters. The number of azo groups is 1. The zero-order chi connectivity index (χ0) is 24.1. The summed E-state index contributed by atoms with van der Waals surface area (Å²) in [5.41, 5.74) is 2.94. The van der Waals surface area contributed by atoms with Gasteiger partial charge in [0.25, 0.3) is 0 Å². The molecular formula is C19H23N3O8S3. The van der Waals surface area contributed by atoms with E-state index in [1.165, 1.54) is 12.1 Å². The Morgan fingerprint density at radius 2 is 1.61 bits per heavy atom. The van der Waals surface area contributed by atoms with Gasteiger partial charge >= 0.3 is 0 Å². The highest BCUT2D eigenvalue weighted by Crippen LogP contribution is 2.28. The van der Waals surface area contributed by atoms with Crippen LogP contribution in [0.4, 0.5) is 17.1 Å². The normalized spacial score (nSPS) is 11.7. The molecule has 180 valence electrons. The topological polar surface area (TPSA) is 139 Å². The molecule has 0 aliphatic carbocycles. The van der Waals surface area contributed by atoms with Gasteiger partial charge in [0.05, 0.1) is 16.3 Å². The van der Waals surface area contributed by atoms with E-state index in [0.717, 1.165) is 40.7 Å². The summed E-state index contributed by atoms with van der Waals surface area (Å²) in [5.74, 6) is 1.00. The minimum Gasteiger partial charge on any atom is -0.370 e. The molecule has 0 aliphatic rings. The molecule has 14 heteroatoms. The second-order valence-corrected chi connectivity index (χ2v) is 9.75. The first-order valence-electron chi connectivity index (χ1n) is 9.35. The van der Waals surface area contributed by atoms with Gasteiger partial charge in [0.1, 0.15) is 0 Å². The molecule has 2 rings (SSSR count). The van der Waals surface area contributed by atoms with Crippen LogP contribution in [0.2, 0.25) is 0 Å². The second kappa shape index (κ2) is 14.3. The van der Waals surface area contributed by atoms with E-state index in [2.05, 4.69) is 35.6 Å². The van der Waals surface area contributed by atoms with E-state index in [1.54, 1.807) is 12.1 Å². The largest absolute Gasteiger partial charge is 0.370 e. The highest BCUT2D eigenvalue weighted by atomic mass is 32.2. The number of hydrogen-bond acceptors (Lipinski definition) is 13. The molecule has 2 N–H and O–H groups in total. The van der Waals surface area contributed by atoms with Crippen molar-refractivity contribution < 1.29 is 37.7 Å². The molecule has 0 aromatic heterocycles. The number of sulfone groups is 1. The van der Waals surface area contributed by atoms with Crippen LogP contribution in [-0.4, -0.2) is 43.5 Å². The Kier molecular flexibility index (Phi) is 11.8. The van der Waals surface area contributed by atoms with Gasteiger partial charge in [-0.15, -0.1) is 8.67 Å². The molecule has 2 aromatic rings. The molecule has 2 aromatic carbocycles. The third-order valence-corrected chi connectivity index (χ3v) is 6.63. The molecule has 0 atom stereocenters. The first-order chi connectivity index (χ1) is 15.9. The maximum Gasteiger partial charge on any atom is 0.199 e. The molecule has 0 amide bonds. The Morgan fingerprint density at radius 1 is 1.00 bits per heavy atom. The Hall–Kier alpha value is -2.01. The minimum atomic E-state index is -3.49.